The normalized spacial score (nSPS) is 15.3. The summed E-state index contributed by atoms with van der Waals surface area (Å²) in [6.07, 6.45) is 5.72. The number of rotatable bonds is 6. The number of benzene rings is 1. The summed E-state index contributed by atoms with van der Waals surface area (Å²) in [6, 6.07) is 10.4. The Morgan fingerprint density at radius 2 is 2.08 bits per heavy atom. The third kappa shape index (κ3) is 4.62. The standard InChI is InChI=1S/C20H27N3O2/c1-2-3-14-25-20(24)22-15-16-9-12-23(13-10-16)19-8-11-21-18-7-5-4-6-17(18)19/h4-8,11,16H,2-3,9-10,12-15H2,1H3,(H,22,24). The highest BCUT2D eigenvalue weighted by Gasteiger charge is 2.21. The zero-order valence-corrected chi connectivity index (χ0v) is 14.9. The molecule has 1 aliphatic rings. The van der Waals surface area contributed by atoms with Crippen LogP contribution in [0.25, 0.3) is 10.9 Å². The summed E-state index contributed by atoms with van der Waals surface area (Å²) >= 11 is 0. The maximum Gasteiger partial charge on any atom is 0.407 e. The van der Waals surface area contributed by atoms with Crippen LogP contribution in [0.4, 0.5) is 10.5 Å². The van der Waals surface area contributed by atoms with Gasteiger partial charge in [-0.05, 0) is 37.3 Å². The van der Waals surface area contributed by atoms with Crippen LogP contribution < -0.4 is 10.2 Å². The van der Waals surface area contributed by atoms with E-state index < -0.39 is 0 Å². The van der Waals surface area contributed by atoms with Crippen LogP contribution >= 0.6 is 0 Å². The first-order valence-corrected chi connectivity index (χ1v) is 9.27. The molecule has 0 spiro atoms. The molecule has 0 saturated carbocycles. The fourth-order valence-electron chi connectivity index (χ4n) is 3.32. The van der Waals surface area contributed by atoms with Gasteiger partial charge in [0.25, 0.3) is 0 Å². The van der Waals surface area contributed by atoms with Crippen molar-refractivity contribution in [3.05, 3.63) is 36.5 Å². The molecule has 25 heavy (non-hydrogen) atoms. The number of pyridine rings is 1. The summed E-state index contributed by atoms with van der Waals surface area (Å²) < 4.78 is 5.14. The van der Waals surface area contributed by atoms with Crippen molar-refractivity contribution in [2.75, 3.05) is 31.1 Å². The SMILES string of the molecule is CCCCOC(=O)NCC1CCN(c2ccnc3ccccc23)CC1. The topological polar surface area (TPSA) is 54.5 Å². The number of carbonyl (C=O) groups excluding carboxylic acids is 1. The number of para-hydroxylation sites is 1. The molecule has 2 aromatic rings. The molecule has 5 heteroatoms. The third-order valence-electron chi connectivity index (χ3n) is 4.85. The van der Waals surface area contributed by atoms with Crippen molar-refractivity contribution in [3.63, 3.8) is 0 Å². The Balaban J connectivity index is 1.49. The molecule has 0 bridgehead atoms. The number of alkyl carbamates (subject to hydrolysis) is 1. The first-order valence-electron chi connectivity index (χ1n) is 9.27. The van der Waals surface area contributed by atoms with Crippen molar-refractivity contribution < 1.29 is 9.53 Å². The van der Waals surface area contributed by atoms with Gasteiger partial charge >= 0.3 is 6.09 Å². The minimum atomic E-state index is -0.281. The highest BCUT2D eigenvalue weighted by molar-refractivity contribution is 5.91. The maximum atomic E-state index is 11.6. The first kappa shape index (κ1) is 17.5. The van der Waals surface area contributed by atoms with Crippen LogP contribution in [0.15, 0.2) is 36.5 Å². The van der Waals surface area contributed by atoms with Gasteiger partial charge in [-0.3, -0.25) is 4.98 Å². The highest BCUT2D eigenvalue weighted by atomic mass is 16.5. The predicted octanol–water partition coefficient (Wildman–Crippen LogP) is 3.98. The second-order valence-electron chi connectivity index (χ2n) is 6.65. The van der Waals surface area contributed by atoms with Gasteiger partial charge in [0, 0.05) is 36.9 Å². The number of fused-ring (bicyclic) bond motifs is 1. The quantitative estimate of drug-likeness (QED) is 0.808. The summed E-state index contributed by atoms with van der Waals surface area (Å²) in [4.78, 5) is 18.5. The van der Waals surface area contributed by atoms with Gasteiger partial charge < -0.3 is 15.0 Å². The Morgan fingerprint density at radius 3 is 2.88 bits per heavy atom. The number of hydrogen-bond donors (Lipinski definition) is 1. The summed E-state index contributed by atoms with van der Waals surface area (Å²) in [7, 11) is 0. The van der Waals surface area contributed by atoms with Gasteiger partial charge in [-0.25, -0.2) is 4.79 Å². The van der Waals surface area contributed by atoms with E-state index in [2.05, 4.69) is 46.4 Å². The van der Waals surface area contributed by atoms with Gasteiger partial charge in [0.2, 0.25) is 0 Å². The Labute approximate surface area is 149 Å². The minimum absolute atomic E-state index is 0.281. The highest BCUT2D eigenvalue weighted by Crippen LogP contribution is 2.28. The number of carbonyl (C=O) groups is 1. The van der Waals surface area contributed by atoms with Gasteiger partial charge in [-0.2, -0.15) is 0 Å². The van der Waals surface area contributed by atoms with E-state index in [1.54, 1.807) is 0 Å². The Kier molecular flexibility index (Phi) is 6.09. The molecule has 5 nitrogen and oxygen atoms in total. The molecule has 1 amide bonds. The number of hydrogen-bond acceptors (Lipinski definition) is 4. The van der Waals surface area contributed by atoms with Crippen LogP contribution in [0.5, 0.6) is 0 Å². The summed E-state index contributed by atoms with van der Waals surface area (Å²) in [5, 5.41) is 4.12. The van der Waals surface area contributed by atoms with Gasteiger partial charge in [0.15, 0.2) is 0 Å². The molecule has 134 valence electrons. The van der Waals surface area contributed by atoms with Crippen LogP contribution in [0, 0.1) is 5.92 Å². The number of nitrogens with one attached hydrogen (secondary N) is 1. The first-order chi connectivity index (χ1) is 12.3. The monoisotopic (exact) mass is 341 g/mol. The van der Waals surface area contributed by atoms with E-state index in [4.69, 9.17) is 4.74 Å². The van der Waals surface area contributed by atoms with E-state index in [1.807, 2.05) is 12.3 Å². The number of unbranched alkanes of at least 4 members (excludes halogenated alkanes) is 1. The zero-order valence-electron chi connectivity index (χ0n) is 14.9. The van der Waals surface area contributed by atoms with Crippen molar-refractivity contribution in [2.24, 2.45) is 5.92 Å². The molecular formula is C20H27N3O2. The molecule has 1 aromatic carbocycles. The molecule has 3 rings (SSSR count). The van der Waals surface area contributed by atoms with Crippen molar-refractivity contribution in [2.45, 2.75) is 32.6 Å². The Hall–Kier alpha value is -2.30. The van der Waals surface area contributed by atoms with Gasteiger partial charge in [0.05, 0.1) is 12.1 Å². The number of anilines is 1. The molecule has 0 unspecified atom stereocenters. The number of aromatic nitrogens is 1. The number of ether oxygens (including phenoxy) is 1. The second-order valence-corrected chi connectivity index (χ2v) is 6.65. The predicted molar refractivity (Wildman–Crippen MR) is 101 cm³/mol. The zero-order chi connectivity index (χ0) is 17.5. The Bertz CT molecular complexity index is 691. The molecule has 1 fully saturated rings. The van der Waals surface area contributed by atoms with Gasteiger partial charge in [-0.15, -0.1) is 0 Å². The number of amides is 1. The largest absolute Gasteiger partial charge is 0.450 e. The van der Waals surface area contributed by atoms with Crippen molar-refractivity contribution >= 4 is 22.7 Å². The molecule has 1 aliphatic heterocycles. The fourth-order valence-corrected chi connectivity index (χ4v) is 3.32. The van der Waals surface area contributed by atoms with Crippen molar-refractivity contribution in [1.82, 2.24) is 10.3 Å². The average molecular weight is 341 g/mol. The molecule has 0 atom stereocenters. The van der Waals surface area contributed by atoms with Gasteiger partial charge in [-0.1, -0.05) is 31.5 Å². The van der Waals surface area contributed by atoms with Crippen molar-refractivity contribution in [3.8, 4) is 0 Å². The fraction of sp³-hybridized carbons (Fsp3) is 0.500. The van der Waals surface area contributed by atoms with Crippen LogP contribution in [-0.2, 0) is 4.74 Å². The van der Waals surface area contributed by atoms with Crippen LogP contribution in [0.3, 0.4) is 0 Å². The Morgan fingerprint density at radius 1 is 1.28 bits per heavy atom. The van der Waals surface area contributed by atoms with Crippen molar-refractivity contribution in [1.29, 1.82) is 0 Å². The molecule has 0 aliphatic carbocycles. The van der Waals surface area contributed by atoms with E-state index in [0.29, 0.717) is 19.1 Å². The molecule has 1 aromatic heterocycles. The van der Waals surface area contributed by atoms with Crippen LogP contribution in [0.1, 0.15) is 32.6 Å². The van der Waals surface area contributed by atoms with Gasteiger partial charge in [0.1, 0.15) is 0 Å². The maximum absolute atomic E-state index is 11.6. The lowest BCUT2D eigenvalue weighted by atomic mass is 9.96. The van der Waals surface area contributed by atoms with E-state index in [-0.39, 0.29) is 6.09 Å². The lowest BCUT2D eigenvalue weighted by molar-refractivity contribution is 0.142. The third-order valence-corrected chi connectivity index (χ3v) is 4.85. The van der Waals surface area contributed by atoms with E-state index in [9.17, 15) is 4.79 Å². The van der Waals surface area contributed by atoms with Crippen LogP contribution in [-0.4, -0.2) is 37.3 Å². The minimum Gasteiger partial charge on any atom is -0.450 e. The lowest BCUT2D eigenvalue weighted by Gasteiger charge is -2.34. The molecule has 1 N–H and O–H groups in total. The van der Waals surface area contributed by atoms with E-state index >= 15 is 0 Å². The molecule has 2 heterocycles. The summed E-state index contributed by atoms with van der Waals surface area (Å²) in [6.45, 7) is 5.31. The smallest absolute Gasteiger partial charge is 0.407 e. The number of piperidine rings is 1. The molecule has 0 radical (unpaired) electrons. The summed E-state index contributed by atoms with van der Waals surface area (Å²) in [5.74, 6) is 0.517. The second kappa shape index (κ2) is 8.70. The average Bonchev–Trinajstić information content (AvgIpc) is 2.66. The molecular weight excluding hydrogens is 314 g/mol. The lowest BCUT2D eigenvalue weighted by Crippen LogP contribution is -2.39. The van der Waals surface area contributed by atoms with E-state index in [1.165, 1.54) is 11.1 Å². The number of nitrogens with zero attached hydrogens (tertiary/aromatic N) is 2. The van der Waals surface area contributed by atoms with E-state index in [0.717, 1.165) is 44.3 Å². The molecule has 1 saturated heterocycles. The van der Waals surface area contributed by atoms with Crippen LogP contribution in [0.2, 0.25) is 0 Å². The summed E-state index contributed by atoms with van der Waals surface area (Å²) in [5.41, 5.74) is 2.30.